The van der Waals surface area contributed by atoms with E-state index in [1.54, 1.807) is 0 Å². The van der Waals surface area contributed by atoms with Gasteiger partial charge in [-0.05, 0) is 26.7 Å². The average Bonchev–Trinajstić information content (AvgIpc) is 3.14. The minimum absolute atomic E-state index is 0.111. The molecular weight excluding hydrogens is 230 g/mol. The molecule has 1 rings (SSSR count). The van der Waals surface area contributed by atoms with Crippen LogP contribution in [0.2, 0.25) is 0 Å². The average molecular weight is 255 g/mol. The summed E-state index contributed by atoms with van der Waals surface area (Å²) in [5.74, 6) is 0.287. The van der Waals surface area contributed by atoms with Crippen LogP contribution < -0.4 is 10.6 Å². The van der Waals surface area contributed by atoms with Crippen LogP contribution in [0, 0.1) is 0 Å². The molecule has 0 saturated heterocycles. The maximum Gasteiger partial charge on any atom is 0.223 e. The summed E-state index contributed by atoms with van der Waals surface area (Å²) < 4.78 is 0. The van der Waals surface area contributed by atoms with Crippen LogP contribution in [0.25, 0.3) is 0 Å². The Bertz CT molecular complexity index is 273. The van der Waals surface area contributed by atoms with Crippen molar-refractivity contribution < 1.29 is 9.59 Å². The van der Waals surface area contributed by atoms with Crippen molar-refractivity contribution in [2.75, 3.05) is 26.2 Å². The zero-order chi connectivity index (χ0) is 13.4. The second-order valence-corrected chi connectivity index (χ2v) is 4.66. The number of hydrogen-bond acceptors (Lipinski definition) is 3. The number of carbonyl (C=O) groups is 2. The van der Waals surface area contributed by atoms with Crippen molar-refractivity contribution >= 4 is 11.8 Å². The minimum atomic E-state index is 0.111. The Morgan fingerprint density at radius 2 is 1.72 bits per heavy atom. The zero-order valence-electron chi connectivity index (χ0n) is 11.5. The van der Waals surface area contributed by atoms with E-state index in [0.29, 0.717) is 32.0 Å². The fraction of sp³-hybridized carbons (Fsp3) is 0.846. The molecule has 0 aromatic carbocycles. The quantitative estimate of drug-likeness (QED) is 0.590. The van der Waals surface area contributed by atoms with E-state index in [2.05, 4.69) is 10.6 Å². The molecule has 0 bridgehead atoms. The molecular formula is C13H25N3O2. The largest absolute Gasteiger partial charge is 0.353 e. The van der Waals surface area contributed by atoms with Gasteiger partial charge in [0.1, 0.15) is 0 Å². The van der Waals surface area contributed by atoms with Gasteiger partial charge in [0, 0.05) is 45.1 Å². The highest BCUT2D eigenvalue weighted by molar-refractivity contribution is 5.77. The highest BCUT2D eigenvalue weighted by Gasteiger charge is 2.22. The molecule has 2 amide bonds. The predicted octanol–water partition coefficient (Wildman–Crippen LogP) is 0.503. The molecule has 1 aliphatic carbocycles. The fourth-order valence-electron chi connectivity index (χ4n) is 1.78. The third kappa shape index (κ3) is 6.00. The van der Waals surface area contributed by atoms with Gasteiger partial charge in [0.15, 0.2) is 0 Å². The second kappa shape index (κ2) is 8.08. The van der Waals surface area contributed by atoms with Crippen molar-refractivity contribution in [1.82, 2.24) is 15.5 Å². The van der Waals surface area contributed by atoms with Gasteiger partial charge in [0.05, 0.1) is 0 Å². The Kier molecular flexibility index (Phi) is 6.72. The molecule has 0 aromatic rings. The third-order valence-electron chi connectivity index (χ3n) is 3.10. The Balaban J connectivity index is 1.96. The Morgan fingerprint density at radius 3 is 2.28 bits per heavy atom. The molecule has 18 heavy (non-hydrogen) atoms. The van der Waals surface area contributed by atoms with E-state index in [9.17, 15) is 9.59 Å². The van der Waals surface area contributed by atoms with Gasteiger partial charge >= 0.3 is 0 Å². The molecule has 0 unspecified atom stereocenters. The van der Waals surface area contributed by atoms with Gasteiger partial charge in [-0.25, -0.2) is 0 Å². The van der Waals surface area contributed by atoms with E-state index in [-0.39, 0.29) is 11.8 Å². The highest BCUT2D eigenvalue weighted by Crippen LogP contribution is 2.18. The summed E-state index contributed by atoms with van der Waals surface area (Å²) in [6.07, 6.45) is 3.25. The van der Waals surface area contributed by atoms with Gasteiger partial charge < -0.3 is 15.5 Å². The van der Waals surface area contributed by atoms with Crippen LogP contribution in [0.15, 0.2) is 0 Å². The fourth-order valence-corrected chi connectivity index (χ4v) is 1.78. The summed E-state index contributed by atoms with van der Waals surface area (Å²) in [7, 11) is 0. The Hall–Kier alpha value is -1.10. The second-order valence-electron chi connectivity index (χ2n) is 4.66. The van der Waals surface area contributed by atoms with Gasteiger partial charge in [-0.1, -0.05) is 0 Å². The molecule has 1 saturated carbocycles. The summed E-state index contributed by atoms with van der Waals surface area (Å²) in [6.45, 7) is 6.78. The molecule has 0 atom stereocenters. The van der Waals surface area contributed by atoms with Crippen LogP contribution in [-0.2, 0) is 9.59 Å². The smallest absolute Gasteiger partial charge is 0.223 e. The lowest BCUT2D eigenvalue weighted by molar-refractivity contribution is -0.130. The molecule has 1 fully saturated rings. The van der Waals surface area contributed by atoms with E-state index in [4.69, 9.17) is 0 Å². The van der Waals surface area contributed by atoms with Crippen LogP contribution in [0.4, 0.5) is 0 Å². The number of amides is 2. The molecule has 0 spiro atoms. The summed E-state index contributed by atoms with van der Waals surface area (Å²) in [5.41, 5.74) is 0. The van der Waals surface area contributed by atoms with Crippen molar-refractivity contribution in [3.05, 3.63) is 0 Å². The normalized spacial score (nSPS) is 14.3. The maximum atomic E-state index is 11.7. The number of nitrogens with one attached hydrogen (secondary N) is 2. The zero-order valence-corrected chi connectivity index (χ0v) is 11.5. The number of carbonyl (C=O) groups excluding carboxylic acids is 2. The molecule has 2 N–H and O–H groups in total. The number of rotatable bonds is 9. The minimum Gasteiger partial charge on any atom is -0.353 e. The molecule has 5 heteroatoms. The molecule has 0 aliphatic heterocycles. The van der Waals surface area contributed by atoms with Crippen molar-refractivity contribution in [2.24, 2.45) is 0 Å². The van der Waals surface area contributed by atoms with Gasteiger partial charge in [0.25, 0.3) is 0 Å². The van der Waals surface area contributed by atoms with E-state index in [1.807, 2.05) is 18.7 Å². The van der Waals surface area contributed by atoms with E-state index < -0.39 is 0 Å². The highest BCUT2D eigenvalue weighted by atomic mass is 16.2. The monoisotopic (exact) mass is 255 g/mol. The van der Waals surface area contributed by atoms with Crippen LogP contribution in [0.5, 0.6) is 0 Å². The first-order chi connectivity index (χ1) is 8.67. The van der Waals surface area contributed by atoms with Crippen molar-refractivity contribution in [3.63, 3.8) is 0 Å². The molecule has 1 aliphatic rings. The van der Waals surface area contributed by atoms with Gasteiger partial charge in [0.2, 0.25) is 11.8 Å². The summed E-state index contributed by atoms with van der Waals surface area (Å²) in [5, 5.41) is 6.07. The van der Waals surface area contributed by atoms with Gasteiger partial charge in [-0.15, -0.1) is 0 Å². The van der Waals surface area contributed by atoms with Crippen molar-refractivity contribution in [1.29, 1.82) is 0 Å². The first-order valence-corrected chi connectivity index (χ1v) is 6.95. The predicted molar refractivity (Wildman–Crippen MR) is 71.2 cm³/mol. The van der Waals surface area contributed by atoms with Crippen LogP contribution in [0.1, 0.15) is 39.5 Å². The topological polar surface area (TPSA) is 61.4 Å². The van der Waals surface area contributed by atoms with Gasteiger partial charge in [-0.2, -0.15) is 0 Å². The summed E-state index contributed by atoms with van der Waals surface area (Å²) in [6, 6.07) is 0.432. The lowest BCUT2D eigenvalue weighted by atomic mass is 10.3. The first-order valence-electron chi connectivity index (χ1n) is 6.95. The van der Waals surface area contributed by atoms with E-state index in [1.165, 1.54) is 0 Å². The summed E-state index contributed by atoms with van der Waals surface area (Å²) in [4.78, 5) is 24.8. The Morgan fingerprint density at radius 1 is 1.11 bits per heavy atom. The van der Waals surface area contributed by atoms with Gasteiger partial charge in [-0.3, -0.25) is 9.59 Å². The first kappa shape index (κ1) is 15.0. The molecule has 0 radical (unpaired) electrons. The van der Waals surface area contributed by atoms with Crippen molar-refractivity contribution in [2.45, 2.75) is 45.6 Å². The summed E-state index contributed by atoms with van der Waals surface area (Å²) >= 11 is 0. The number of hydrogen-bond donors (Lipinski definition) is 2. The van der Waals surface area contributed by atoms with E-state index >= 15 is 0 Å². The standard InChI is InChI=1S/C13H25N3O2/c1-3-16(4-2)13(18)8-10-14-9-7-12(17)15-11-5-6-11/h11,14H,3-10H2,1-2H3,(H,15,17). The molecule has 104 valence electrons. The molecule has 0 aromatic heterocycles. The van der Waals surface area contributed by atoms with Crippen LogP contribution in [-0.4, -0.2) is 48.9 Å². The molecule has 5 nitrogen and oxygen atoms in total. The number of nitrogens with zero attached hydrogens (tertiary/aromatic N) is 1. The van der Waals surface area contributed by atoms with Crippen LogP contribution in [0.3, 0.4) is 0 Å². The third-order valence-corrected chi connectivity index (χ3v) is 3.10. The lowest BCUT2D eigenvalue weighted by Gasteiger charge is -2.18. The molecule has 0 heterocycles. The SMILES string of the molecule is CCN(CC)C(=O)CCNCCC(=O)NC1CC1. The van der Waals surface area contributed by atoms with E-state index in [0.717, 1.165) is 25.9 Å². The lowest BCUT2D eigenvalue weighted by Crippen LogP contribution is -2.34. The maximum absolute atomic E-state index is 11.7. The van der Waals surface area contributed by atoms with Crippen LogP contribution >= 0.6 is 0 Å². The van der Waals surface area contributed by atoms with Crippen molar-refractivity contribution in [3.8, 4) is 0 Å². The Labute approximate surface area is 109 Å².